The van der Waals surface area contributed by atoms with Crippen LogP contribution in [0.3, 0.4) is 0 Å². The molecule has 1 aliphatic rings. The highest BCUT2D eigenvalue weighted by molar-refractivity contribution is 5.94. The number of carbonyl (C=O) groups is 2. The van der Waals surface area contributed by atoms with Crippen LogP contribution in [0.5, 0.6) is 5.75 Å². The summed E-state index contributed by atoms with van der Waals surface area (Å²) in [5.74, 6) is 2.57. The van der Waals surface area contributed by atoms with Gasteiger partial charge in [0.25, 0.3) is 5.91 Å². The fraction of sp³-hybridized carbons (Fsp3) is 0.500. The van der Waals surface area contributed by atoms with E-state index in [1.807, 2.05) is 17.0 Å². The number of amides is 2. The molecule has 162 valence electrons. The fourth-order valence-electron chi connectivity index (χ4n) is 3.90. The van der Waals surface area contributed by atoms with Crippen molar-refractivity contribution in [2.45, 2.75) is 57.9 Å². The van der Waals surface area contributed by atoms with Crippen molar-refractivity contribution in [1.29, 1.82) is 0 Å². The van der Waals surface area contributed by atoms with Gasteiger partial charge in [0.15, 0.2) is 0 Å². The van der Waals surface area contributed by atoms with Gasteiger partial charge in [-0.2, -0.15) is 0 Å². The molecule has 1 N–H and O–H groups in total. The van der Waals surface area contributed by atoms with Gasteiger partial charge < -0.3 is 19.4 Å². The molecule has 0 saturated carbocycles. The maximum Gasteiger partial charge on any atom is 0.251 e. The standard InChI is InChI=1S/C24H32N2O4/c1-3-19-14-15-22(30-19)21-8-5-4-6-17-26(21)23(27)9-7-16-25-24(28)18-10-12-20(29-2)13-11-18/h10-15,21H,3-9,16-17H2,1-2H3,(H,25,28). The Morgan fingerprint density at radius 2 is 1.93 bits per heavy atom. The molecule has 2 heterocycles. The highest BCUT2D eigenvalue weighted by Gasteiger charge is 2.28. The molecule has 0 radical (unpaired) electrons. The minimum absolute atomic E-state index is 0.0224. The molecule has 1 saturated heterocycles. The minimum Gasteiger partial charge on any atom is -0.497 e. The molecule has 1 atom stereocenters. The summed E-state index contributed by atoms with van der Waals surface area (Å²) in [6.07, 6.45) is 6.10. The van der Waals surface area contributed by atoms with E-state index in [-0.39, 0.29) is 17.9 Å². The number of hydrogen-bond acceptors (Lipinski definition) is 4. The van der Waals surface area contributed by atoms with Crippen LogP contribution in [0.15, 0.2) is 40.8 Å². The summed E-state index contributed by atoms with van der Waals surface area (Å²) in [5, 5.41) is 2.89. The van der Waals surface area contributed by atoms with Crippen molar-refractivity contribution in [1.82, 2.24) is 10.2 Å². The van der Waals surface area contributed by atoms with Crippen molar-refractivity contribution < 1.29 is 18.7 Å². The SMILES string of the molecule is CCc1ccc(C2CCCCCN2C(=O)CCCNC(=O)c2ccc(OC)cc2)o1. The van der Waals surface area contributed by atoms with Gasteiger partial charge >= 0.3 is 0 Å². The molecular weight excluding hydrogens is 380 g/mol. The number of hydrogen-bond donors (Lipinski definition) is 1. The molecule has 6 nitrogen and oxygen atoms in total. The zero-order valence-electron chi connectivity index (χ0n) is 18.0. The smallest absolute Gasteiger partial charge is 0.251 e. The Hall–Kier alpha value is -2.76. The number of methoxy groups -OCH3 is 1. The normalized spacial score (nSPS) is 16.7. The van der Waals surface area contributed by atoms with Gasteiger partial charge in [-0.15, -0.1) is 0 Å². The maximum atomic E-state index is 13.0. The molecule has 6 heteroatoms. The van der Waals surface area contributed by atoms with Crippen molar-refractivity contribution >= 4 is 11.8 Å². The number of likely N-dealkylation sites (tertiary alicyclic amines) is 1. The predicted octanol–water partition coefficient (Wildman–Crippen LogP) is 4.50. The summed E-state index contributed by atoms with van der Waals surface area (Å²) in [6, 6.07) is 11.0. The molecule has 0 spiro atoms. The zero-order valence-corrected chi connectivity index (χ0v) is 18.0. The van der Waals surface area contributed by atoms with Crippen LogP contribution in [0.1, 0.15) is 73.4 Å². The summed E-state index contributed by atoms with van der Waals surface area (Å²) in [5.41, 5.74) is 0.583. The Morgan fingerprint density at radius 1 is 1.13 bits per heavy atom. The Morgan fingerprint density at radius 3 is 2.63 bits per heavy atom. The van der Waals surface area contributed by atoms with Crippen molar-refractivity contribution in [3.8, 4) is 5.75 Å². The average molecular weight is 413 g/mol. The molecule has 0 bridgehead atoms. The highest BCUT2D eigenvalue weighted by atomic mass is 16.5. The first-order valence-electron chi connectivity index (χ1n) is 10.9. The van der Waals surface area contributed by atoms with Gasteiger partial charge in [0, 0.05) is 31.5 Å². The van der Waals surface area contributed by atoms with Crippen molar-refractivity contribution in [3.63, 3.8) is 0 Å². The molecule has 0 aliphatic carbocycles. The molecule has 1 fully saturated rings. The van der Waals surface area contributed by atoms with E-state index in [1.165, 1.54) is 0 Å². The molecule has 2 aromatic rings. The molecule has 1 aromatic heterocycles. The van der Waals surface area contributed by atoms with Crippen LogP contribution >= 0.6 is 0 Å². The number of furan rings is 1. The van der Waals surface area contributed by atoms with Gasteiger partial charge in [-0.3, -0.25) is 9.59 Å². The first-order valence-corrected chi connectivity index (χ1v) is 10.9. The third-order valence-corrected chi connectivity index (χ3v) is 5.64. The van der Waals surface area contributed by atoms with Gasteiger partial charge in [-0.1, -0.05) is 19.8 Å². The van der Waals surface area contributed by atoms with Crippen LogP contribution in [0, 0.1) is 0 Å². The average Bonchev–Trinajstić information content (AvgIpc) is 3.12. The zero-order chi connectivity index (χ0) is 21.3. The van der Waals surface area contributed by atoms with Crippen LogP contribution < -0.4 is 10.1 Å². The maximum absolute atomic E-state index is 13.0. The number of benzene rings is 1. The topological polar surface area (TPSA) is 71.8 Å². The molecule has 1 unspecified atom stereocenters. The highest BCUT2D eigenvalue weighted by Crippen LogP contribution is 2.32. The first-order chi connectivity index (χ1) is 14.6. The van der Waals surface area contributed by atoms with Crippen LogP contribution in [-0.4, -0.2) is 36.9 Å². The number of ether oxygens (including phenoxy) is 1. The fourth-order valence-corrected chi connectivity index (χ4v) is 3.90. The van der Waals surface area contributed by atoms with E-state index < -0.39 is 0 Å². The van der Waals surface area contributed by atoms with Gasteiger partial charge in [-0.25, -0.2) is 0 Å². The van der Waals surface area contributed by atoms with Crippen LogP contribution in [-0.2, 0) is 11.2 Å². The number of aryl methyl sites for hydroxylation is 1. The second-order valence-corrected chi connectivity index (χ2v) is 7.70. The van der Waals surface area contributed by atoms with E-state index in [4.69, 9.17) is 9.15 Å². The van der Waals surface area contributed by atoms with Gasteiger partial charge in [0.2, 0.25) is 5.91 Å². The first kappa shape index (κ1) is 21.9. The van der Waals surface area contributed by atoms with E-state index >= 15 is 0 Å². The lowest BCUT2D eigenvalue weighted by atomic mass is 10.1. The third-order valence-electron chi connectivity index (χ3n) is 5.64. The monoisotopic (exact) mass is 412 g/mol. The molecule has 2 amide bonds. The van der Waals surface area contributed by atoms with Crippen LogP contribution in [0.4, 0.5) is 0 Å². The molecule has 3 rings (SSSR count). The van der Waals surface area contributed by atoms with Crippen LogP contribution in [0.25, 0.3) is 0 Å². The van der Waals surface area contributed by atoms with Gasteiger partial charge in [0.05, 0.1) is 13.2 Å². The van der Waals surface area contributed by atoms with Gasteiger partial charge in [-0.05, 0) is 55.7 Å². The lowest BCUT2D eigenvalue weighted by molar-refractivity contribution is -0.134. The van der Waals surface area contributed by atoms with E-state index in [9.17, 15) is 9.59 Å². The summed E-state index contributed by atoms with van der Waals surface area (Å²) in [4.78, 5) is 27.2. The lowest BCUT2D eigenvalue weighted by Crippen LogP contribution is -2.35. The quantitative estimate of drug-likeness (QED) is 0.648. The van der Waals surface area contributed by atoms with Crippen molar-refractivity contribution in [3.05, 3.63) is 53.5 Å². The number of nitrogens with zero attached hydrogens (tertiary/aromatic N) is 1. The van der Waals surface area contributed by atoms with E-state index in [1.54, 1.807) is 31.4 Å². The third kappa shape index (κ3) is 5.65. The molecule has 1 aliphatic heterocycles. The summed E-state index contributed by atoms with van der Waals surface area (Å²) < 4.78 is 11.1. The Balaban J connectivity index is 1.51. The molecule has 1 aromatic carbocycles. The Bertz CT molecular complexity index is 828. The second-order valence-electron chi connectivity index (χ2n) is 7.70. The van der Waals surface area contributed by atoms with E-state index in [0.717, 1.165) is 50.2 Å². The summed E-state index contributed by atoms with van der Waals surface area (Å²) in [7, 11) is 1.59. The molecular formula is C24H32N2O4. The number of rotatable bonds is 8. The summed E-state index contributed by atoms with van der Waals surface area (Å²) >= 11 is 0. The predicted molar refractivity (Wildman–Crippen MR) is 116 cm³/mol. The second kappa shape index (κ2) is 10.9. The van der Waals surface area contributed by atoms with E-state index in [2.05, 4.69) is 12.2 Å². The summed E-state index contributed by atoms with van der Waals surface area (Å²) in [6.45, 7) is 3.30. The van der Waals surface area contributed by atoms with E-state index in [0.29, 0.717) is 30.7 Å². The molecule has 30 heavy (non-hydrogen) atoms. The van der Waals surface area contributed by atoms with Gasteiger partial charge in [0.1, 0.15) is 17.3 Å². The lowest BCUT2D eigenvalue weighted by Gasteiger charge is -2.29. The van der Waals surface area contributed by atoms with Crippen LogP contribution in [0.2, 0.25) is 0 Å². The minimum atomic E-state index is -0.138. The number of nitrogens with one attached hydrogen (secondary N) is 1. The Labute approximate surface area is 178 Å². The Kier molecular flexibility index (Phi) is 7.94. The number of carbonyl (C=O) groups excluding carboxylic acids is 2. The van der Waals surface area contributed by atoms with Crippen molar-refractivity contribution in [2.24, 2.45) is 0 Å². The largest absolute Gasteiger partial charge is 0.497 e. The van der Waals surface area contributed by atoms with Crippen molar-refractivity contribution in [2.75, 3.05) is 20.2 Å².